The van der Waals surface area contributed by atoms with Crippen molar-refractivity contribution >= 4 is 16.9 Å². The molecule has 154 valence electrons. The average molecular weight is 422 g/mol. The summed E-state index contributed by atoms with van der Waals surface area (Å²) in [6, 6.07) is 12.4. The van der Waals surface area contributed by atoms with Crippen molar-refractivity contribution in [1.29, 1.82) is 0 Å². The second kappa shape index (κ2) is 8.57. The quantitative estimate of drug-likeness (QED) is 0.338. The van der Waals surface area contributed by atoms with E-state index in [1.54, 1.807) is 36.8 Å². The Hall–Kier alpha value is -4.71. The Kier molecular flexibility index (Phi) is 5.16. The number of hydrogen-bond acceptors (Lipinski definition) is 7. The molecule has 0 aliphatic rings. The Bertz CT molecular complexity index is 1470. The molecule has 2 N–H and O–H groups in total. The molecule has 0 bridgehead atoms. The molecule has 0 fully saturated rings. The number of aromatic nitrogens is 7. The van der Waals surface area contributed by atoms with Gasteiger partial charge in [-0.25, -0.2) is 24.9 Å². The van der Waals surface area contributed by atoms with Crippen LogP contribution in [-0.4, -0.2) is 35.1 Å². The summed E-state index contributed by atoms with van der Waals surface area (Å²) >= 11 is 0. The van der Waals surface area contributed by atoms with E-state index in [0.717, 1.165) is 22.0 Å². The van der Waals surface area contributed by atoms with Crippen molar-refractivity contribution in [3.8, 4) is 23.4 Å². The predicted molar refractivity (Wildman–Crippen MR) is 117 cm³/mol. The van der Waals surface area contributed by atoms with E-state index in [2.05, 4.69) is 52.3 Å². The lowest BCUT2D eigenvalue weighted by molar-refractivity contribution is 0.581. The summed E-state index contributed by atoms with van der Waals surface area (Å²) in [5.41, 5.74) is 3.67. The van der Waals surface area contributed by atoms with E-state index in [-0.39, 0.29) is 0 Å². The lowest BCUT2D eigenvalue weighted by Crippen LogP contribution is -2.05. The van der Waals surface area contributed by atoms with E-state index in [1.807, 2.05) is 18.2 Å². The van der Waals surface area contributed by atoms with Gasteiger partial charge in [-0.2, -0.15) is 9.49 Å². The second-order valence-corrected chi connectivity index (χ2v) is 6.79. The molecule has 4 aromatic heterocycles. The van der Waals surface area contributed by atoms with Crippen LogP contribution in [0.3, 0.4) is 0 Å². The Morgan fingerprint density at radius 1 is 0.906 bits per heavy atom. The number of rotatable bonds is 4. The highest BCUT2D eigenvalue weighted by molar-refractivity contribution is 5.79. The summed E-state index contributed by atoms with van der Waals surface area (Å²) in [4.78, 5) is 21.0. The van der Waals surface area contributed by atoms with Crippen LogP contribution in [0.1, 0.15) is 16.8 Å². The summed E-state index contributed by atoms with van der Waals surface area (Å²) in [6.07, 6.45) is 6.42. The Balaban J connectivity index is 1.34. The van der Waals surface area contributed by atoms with Crippen LogP contribution in [-0.2, 0) is 6.54 Å². The third kappa shape index (κ3) is 4.39. The first-order chi connectivity index (χ1) is 15.7. The number of halogens is 1. The molecule has 0 saturated carbocycles. The van der Waals surface area contributed by atoms with Gasteiger partial charge in [-0.15, -0.1) is 0 Å². The van der Waals surface area contributed by atoms with Crippen molar-refractivity contribution in [2.75, 3.05) is 5.32 Å². The van der Waals surface area contributed by atoms with Crippen molar-refractivity contribution in [3.05, 3.63) is 90.0 Å². The highest BCUT2D eigenvalue weighted by Crippen LogP contribution is 2.15. The SMILES string of the molecule is Fc1cc(CNc2nccc(-c3nccc(C#Cc4ccc5[nH]ncc5c4)n3)n2)ccn1. The lowest BCUT2D eigenvalue weighted by atomic mass is 10.1. The van der Waals surface area contributed by atoms with Gasteiger partial charge in [0, 0.05) is 36.1 Å². The fraction of sp³-hybridized carbons (Fsp3) is 0.0435. The molecule has 32 heavy (non-hydrogen) atoms. The summed E-state index contributed by atoms with van der Waals surface area (Å²) < 4.78 is 13.2. The van der Waals surface area contributed by atoms with Gasteiger partial charge in [0.2, 0.25) is 11.9 Å². The first-order valence-electron chi connectivity index (χ1n) is 9.69. The number of nitrogens with zero attached hydrogens (tertiary/aromatic N) is 6. The van der Waals surface area contributed by atoms with E-state index in [9.17, 15) is 4.39 Å². The first-order valence-corrected chi connectivity index (χ1v) is 9.69. The Labute approximate surface area is 182 Å². The molecule has 0 atom stereocenters. The largest absolute Gasteiger partial charge is 0.350 e. The summed E-state index contributed by atoms with van der Waals surface area (Å²) in [6.45, 7) is 0.357. The van der Waals surface area contributed by atoms with Gasteiger partial charge >= 0.3 is 0 Å². The van der Waals surface area contributed by atoms with Crippen LogP contribution in [0.5, 0.6) is 0 Å². The minimum atomic E-state index is -0.532. The van der Waals surface area contributed by atoms with Gasteiger partial charge < -0.3 is 5.32 Å². The molecule has 0 saturated heterocycles. The van der Waals surface area contributed by atoms with Gasteiger partial charge in [0.25, 0.3) is 0 Å². The van der Waals surface area contributed by atoms with E-state index in [0.29, 0.717) is 29.7 Å². The molecule has 5 aromatic rings. The van der Waals surface area contributed by atoms with E-state index < -0.39 is 5.95 Å². The topological polar surface area (TPSA) is 105 Å². The Morgan fingerprint density at radius 3 is 2.75 bits per heavy atom. The molecule has 4 heterocycles. The van der Waals surface area contributed by atoms with E-state index >= 15 is 0 Å². The van der Waals surface area contributed by atoms with Crippen LogP contribution >= 0.6 is 0 Å². The standard InChI is InChI=1S/C23H15FN8/c24-21-12-16(5-8-25-21)13-28-23-27-10-7-20(31-23)22-26-9-6-18(30-22)3-1-15-2-4-19-17(11-15)14-29-32-19/h2,4-12,14H,13H2,(H,29,32)(H,27,28,31). The molecule has 0 amide bonds. The third-order valence-corrected chi connectivity index (χ3v) is 4.56. The van der Waals surface area contributed by atoms with Gasteiger partial charge in [0.1, 0.15) is 11.4 Å². The summed E-state index contributed by atoms with van der Waals surface area (Å²) in [7, 11) is 0. The van der Waals surface area contributed by atoms with Gasteiger partial charge in [-0.3, -0.25) is 5.10 Å². The maximum Gasteiger partial charge on any atom is 0.223 e. The van der Waals surface area contributed by atoms with Crippen LogP contribution in [0.25, 0.3) is 22.4 Å². The molecule has 0 radical (unpaired) electrons. The molecule has 8 nitrogen and oxygen atoms in total. The van der Waals surface area contributed by atoms with Crippen LogP contribution in [0.2, 0.25) is 0 Å². The zero-order chi connectivity index (χ0) is 21.8. The molecule has 0 unspecified atom stereocenters. The smallest absolute Gasteiger partial charge is 0.223 e. The molecule has 9 heteroatoms. The highest BCUT2D eigenvalue weighted by Gasteiger charge is 2.06. The van der Waals surface area contributed by atoms with Gasteiger partial charge in [-0.1, -0.05) is 5.92 Å². The second-order valence-electron chi connectivity index (χ2n) is 6.79. The number of aromatic amines is 1. The lowest BCUT2D eigenvalue weighted by Gasteiger charge is -2.06. The number of hydrogen-bond donors (Lipinski definition) is 2. The van der Waals surface area contributed by atoms with Crippen LogP contribution < -0.4 is 5.32 Å². The van der Waals surface area contributed by atoms with Crippen LogP contribution in [0, 0.1) is 17.8 Å². The minimum absolute atomic E-state index is 0.357. The maximum absolute atomic E-state index is 13.2. The molecule has 1 aromatic carbocycles. The molecular weight excluding hydrogens is 407 g/mol. The first kappa shape index (κ1) is 19.3. The average Bonchev–Trinajstić information content (AvgIpc) is 3.30. The van der Waals surface area contributed by atoms with Gasteiger partial charge in [0.15, 0.2) is 5.82 Å². The highest BCUT2D eigenvalue weighted by atomic mass is 19.1. The summed E-state index contributed by atoms with van der Waals surface area (Å²) in [5, 5.41) is 11.0. The fourth-order valence-corrected chi connectivity index (χ4v) is 3.01. The molecule has 0 aliphatic carbocycles. The van der Waals surface area contributed by atoms with E-state index in [4.69, 9.17) is 0 Å². The number of benzene rings is 1. The Morgan fingerprint density at radius 2 is 1.81 bits per heavy atom. The monoisotopic (exact) mass is 422 g/mol. The fourth-order valence-electron chi connectivity index (χ4n) is 3.01. The van der Waals surface area contributed by atoms with Gasteiger partial charge in [0.05, 0.1) is 11.7 Å². The normalized spacial score (nSPS) is 10.5. The van der Waals surface area contributed by atoms with Crippen molar-refractivity contribution < 1.29 is 4.39 Å². The predicted octanol–water partition coefficient (Wildman–Crippen LogP) is 3.36. The maximum atomic E-state index is 13.2. The zero-order valence-electron chi connectivity index (χ0n) is 16.6. The number of fused-ring (bicyclic) bond motifs is 1. The molecule has 5 rings (SSSR count). The van der Waals surface area contributed by atoms with Crippen LogP contribution in [0.4, 0.5) is 10.3 Å². The zero-order valence-corrected chi connectivity index (χ0v) is 16.6. The van der Waals surface area contributed by atoms with E-state index in [1.165, 1.54) is 12.3 Å². The number of nitrogens with one attached hydrogen (secondary N) is 2. The van der Waals surface area contributed by atoms with Crippen molar-refractivity contribution in [3.63, 3.8) is 0 Å². The molecular formula is C23H15FN8. The van der Waals surface area contributed by atoms with Gasteiger partial charge in [-0.05, 0) is 53.9 Å². The number of pyridine rings is 1. The summed E-state index contributed by atoms with van der Waals surface area (Å²) in [5.74, 6) is 6.46. The van der Waals surface area contributed by atoms with Crippen LogP contribution in [0.15, 0.2) is 67.3 Å². The number of anilines is 1. The number of H-pyrrole nitrogens is 1. The van der Waals surface area contributed by atoms with Crippen molar-refractivity contribution in [1.82, 2.24) is 35.1 Å². The minimum Gasteiger partial charge on any atom is -0.350 e. The van der Waals surface area contributed by atoms with Crippen molar-refractivity contribution in [2.24, 2.45) is 0 Å². The van der Waals surface area contributed by atoms with Crippen molar-refractivity contribution in [2.45, 2.75) is 6.54 Å². The molecule has 0 spiro atoms. The molecule has 0 aliphatic heterocycles. The third-order valence-electron chi connectivity index (χ3n) is 4.56.